The number of nitrogens with one attached hydrogen (secondary N) is 1. The predicted molar refractivity (Wildman–Crippen MR) is 120 cm³/mol. The van der Waals surface area contributed by atoms with E-state index in [0.29, 0.717) is 22.4 Å². The van der Waals surface area contributed by atoms with Crippen LogP contribution in [0.2, 0.25) is 5.02 Å². The molecule has 4 rings (SSSR count). The number of hydrogen-bond acceptors (Lipinski definition) is 2. The summed E-state index contributed by atoms with van der Waals surface area (Å²) in [7, 11) is 0. The molecule has 0 spiro atoms. The average molecular weight is 426 g/mol. The third-order valence-electron chi connectivity index (χ3n) is 4.77. The average Bonchev–Trinajstić information content (AvgIpc) is 3.59. The Bertz CT molecular complexity index is 1050. The van der Waals surface area contributed by atoms with Crippen LogP contribution < -0.4 is 10.1 Å². The molecule has 0 saturated heterocycles. The van der Waals surface area contributed by atoms with Crippen LogP contribution in [0.25, 0.3) is 0 Å². The highest BCUT2D eigenvalue weighted by Crippen LogP contribution is 2.46. The van der Waals surface area contributed by atoms with Gasteiger partial charge in [0.15, 0.2) is 0 Å². The van der Waals surface area contributed by atoms with Gasteiger partial charge < -0.3 is 10.1 Å². The summed E-state index contributed by atoms with van der Waals surface area (Å²) < 4.78 is 20.0. The van der Waals surface area contributed by atoms with E-state index in [0.717, 1.165) is 29.7 Å². The van der Waals surface area contributed by atoms with Gasteiger partial charge in [0.1, 0.15) is 17.3 Å². The van der Waals surface area contributed by atoms with E-state index in [1.165, 1.54) is 12.1 Å². The van der Waals surface area contributed by atoms with Gasteiger partial charge >= 0.3 is 0 Å². The van der Waals surface area contributed by atoms with Crippen LogP contribution in [0.1, 0.15) is 54.1 Å². The van der Waals surface area contributed by atoms with Crippen molar-refractivity contribution in [3.63, 3.8) is 0 Å². The third-order valence-corrected chi connectivity index (χ3v) is 5.01. The molecule has 0 radical (unpaired) electrons. The van der Waals surface area contributed by atoms with Crippen molar-refractivity contribution in [1.82, 2.24) is 0 Å². The molecule has 1 saturated carbocycles. The maximum atomic E-state index is 13.8. The fourth-order valence-electron chi connectivity index (χ4n) is 3.08. The zero-order valence-electron chi connectivity index (χ0n) is 17.3. The highest BCUT2D eigenvalue weighted by Gasteiger charge is 2.28. The second-order valence-corrected chi connectivity index (χ2v) is 7.41. The molecule has 1 amide bonds. The predicted octanol–water partition coefficient (Wildman–Crippen LogP) is 7.74. The van der Waals surface area contributed by atoms with Gasteiger partial charge in [0, 0.05) is 10.7 Å². The lowest BCUT2D eigenvalue weighted by molar-refractivity contribution is 0.102. The number of anilines is 1. The molecule has 0 atom stereocenters. The normalized spacial score (nSPS) is 12.6. The zero-order chi connectivity index (χ0) is 21.7. The van der Waals surface area contributed by atoms with Gasteiger partial charge in [-0.3, -0.25) is 4.79 Å². The van der Waals surface area contributed by atoms with Crippen molar-refractivity contribution in [1.29, 1.82) is 0 Å². The molecule has 3 nitrogen and oxygen atoms in total. The summed E-state index contributed by atoms with van der Waals surface area (Å²) in [5.41, 5.74) is 2.66. The van der Waals surface area contributed by atoms with Crippen molar-refractivity contribution in [3.05, 3.63) is 88.2 Å². The summed E-state index contributed by atoms with van der Waals surface area (Å²) in [5.74, 6) is 0.840. The number of rotatable bonds is 5. The van der Waals surface area contributed by atoms with Crippen LogP contribution in [0.15, 0.2) is 60.7 Å². The van der Waals surface area contributed by atoms with E-state index in [4.69, 9.17) is 16.3 Å². The number of amides is 1. The highest BCUT2D eigenvalue weighted by atomic mass is 35.5. The quantitative estimate of drug-likeness (QED) is 0.454. The maximum absolute atomic E-state index is 13.8. The van der Waals surface area contributed by atoms with E-state index in [-0.39, 0.29) is 5.56 Å². The summed E-state index contributed by atoms with van der Waals surface area (Å²) in [5, 5.41) is 3.39. The monoisotopic (exact) mass is 425 g/mol. The van der Waals surface area contributed by atoms with Gasteiger partial charge in [-0.2, -0.15) is 0 Å². The van der Waals surface area contributed by atoms with Gasteiger partial charge in [-0.05, 0) is 79.3 Å². The van der Waals surface area contributed by atoms with Crippen molar-refractivity contribution in [2.45, 2.75) is 39.5 Å². The molecule has 5 heteroatoms. The Morgan fingerprint density at radius 3 is 2.47 bits per heavy atom. The lowest BCUT2D eigenvalue weighted by Gasteiger charge is -2.15. The number of carbonyl (C=O) groups is 1. The van der Waals surface area contributed by atoms with E-state index < -0.39 is 11.7 Å². The molecule has 0 bridgehead atoms. The third kappa shape index (κ3) is 5.19. The lowest BCUT2D eigenvalue weighted by atomic mass is 10.1. The Labute approximate surface area is 181 Å². The van der Waals surface area contributed by atoms with E-state index >= 15 is 0 Å². The Morgan fingerprint density at radius 2 is 1.77 bits per heavy atom. The Kier molecular flexibility index (Phi) is 7.11. The number of benzene rings is 3. The van der Waals surface area contributed by atoms with Crippen LogP contribution in [0.4, 0.5) is 10.1 Å². The first-order chi connectivity index (χ1) is 14.5. The van der Waals surface area contributed by atoms with Gasteiger partial charge in [0.05, 0.1) is 5.56 Å². The summed E-state index contributed by atoms with van der Waals surface area (Å²) in [6.07, 6.45) is 2.16. The molecule has 156 valence electrons. The van der Waals surface area contributed by atoms with Gasteiger partial charge in [-0.25, -0.2) is 4.39 Å². The molecular weight excluding hydrogens is 401 g/mol. The van der Waals surface area contributed by atoms with Crippen molar-refractivity contribution in [2.24, 2.45) is 0 Å². The van der Waals surface area contributed by atoms with Crippen molar-refractivity contribution < 1.29 is 13.9 Å². The zero-order valence-corrected chi connectivity index (χ0v) is 18.1. The fraction of sp³-hybridized carbons (Fsp3) is 0.240. The number of ether oxygens (including phenoxy) is 1. The van der Waals surface area contributed by atoms with Gasteiger partial charge in [0.2, 0.25) is 0 Å². The molecular formula is C25H25ClFNO2. The van der Waals surface area contributed by atoms with Gasteiger partial charge in [0.25, 0.3) is 5.91 Å². The number of aryl methyl sites for hydroxylation is 1. The first kappa shape index (κ1) is 21.8. The molecule has 1 aliphatic carbocycles. The van der Waals surface area contributed by atoms with Crippen molar-refractivity contribution in [3.8, 4) is 11.5 Å². The second kappa shape index (κ2) is 9.77. The highest BCUT2D eigenvalue weighted by molar-refractivity contribution is 6.30. The van der Waals surface area contributed by atoms with Crippen molar-refractivity contribution in [2.75, 3.05) is 5.32 Å². The molecule has 0 heterocycles. The standard InChI is InChI=1S/C23H19ClFNO2.C2H6/c1-14-6-9-16(24)12-22(14)28-21-11-10-17(13-19(21)15-7-8-15)26-23(27)18-4-2-3-5-20(18)25;1-2/h2-6,9-13,15H,7-8H2,1H3,(H,26,27);1-2H3. The molecule has 0 aromatic heterocycles. The second-order valence-electron chi connectivity index (χ2n) is 6.97. The minimum atomic E-state index is -0.543. The summed E-state index contributed by atoms with van der Waals surface area (Å²) >= 11 is 6.09. The lowest BCUT2D eigenvalue weighted by Crippen LogP contribution is -2.13. The molecule has 0 unspecified atom stereocenters. The molecule has 1 fully saturated rings. The van der Waals surface area contributed by atoms with Gasteiger partial charge in [-0.15, -0.1) is 0 Å². The van der Waals surface area contributed by atoms with Crippen LogP contribution in [-0.2, 0) is 0 Å². The smallest absolute Gasteiger partial charge is 0.258 e. The van der Waals surface area contributed by atoms with Gasteiger partial charge in [-0.1, -0.05) is 43.6 Å². The summed E-state index contributed by atoms with van der Waals surface area (Å²) in [6, 6.07) is 17.0. The number of halogens is 2. The summed E-state index contributed by atoms with van der Waals surface area (Å²) in [6.45, 7) is 5.96. The fourth-order valence-corrected chi connectivity index (χ4v) is 3.24. The molecule has 1 aliphatic rings. The van der Waals surface area contributed by atoms with Crippen LogP contribution in [0, 0.1) is 12.7 Å². The Morgan fingerprint density at radius 1 is 1.03 bits per heavy atom. The number of carbonyl (C=O) groups excluding carboxylic acids is 1. The molecule has 30 heavy (non-hydrogen) atoms. The molecule has 1 N–H and O–H groups in total. The van der Waals surface area contributed by atoms with Crippen LogP contribution in [0.3, 0.4) is 0 Å². The van der Waals surface area contributed by atoms with E-state index in [1.54, 1.807) is 24.3 Å². The van der Waals surface area contributed by atoms with E-state index in [9.17, 15) is 9.18 Å². The van der Waals surface area contributed by atoms with E-state index in [2.05, 4.69) is 5.32 Å². The first-order valence-electron chi connectivity index (χ1n) is 10.1. The minimum absolute atomic E-state index is 0.0188. The first-order valence-corrected chi connectivity index (χ1v) is 10.5. The topological polar surface area (TPSA) is 38.3 Å². The Hall–Kier alpha value is -2.85. The van der Waals surface area contributed by atoms with Crippen LogP contribution in [0.5, 0.6) is 11.5 Å². The molecule has 0 aliphatic heterocycles. The SMILES string of the molecule is CC.Cc1ccc(Cl)cc1Oc1ccc(NC(=O)c2ccccc2F)cc1C1CC1. The van der Waals surface area contributed by atoms with E-state index in [1.807, 2.05) is 45.0 Å². The molecule has 3 aromatic carbocycles. The van der Waals surface area contributed by atoms with Crippen LogP contribution >= 0.6 is 11.6 Å². The van der Waals surface area contributed by atoms with Crippen molar-refractivity contribution >= 4 is 23.2 Å². The Balaban J connectivity index is 0.00000124. The largest absolute Gasteiger partial charge is 0.457 e. The maximum Gasteiger partial charge on any atom is 0.258 e. The summed E-state index contributed by atoms with van der Waals surface area (Å²) in [4.78, 5) is 12.4. The van der Waals surface area contributed by atoms with Crippen LogP contribution in [-0.4, -0.2) is 5.91 Å². The minimum Gasteiger partial charge on any atom is -0.457 e. The molecule has 3 aromatic rings. The number of hydrogen-bond donors (Lipinski definition) is 1.